The molecule has 7 nitrogen and oxygen atoms in total. The van der Waals surface area contributed by atoms with Crippen molar-refractivity contribution in [1.29, 1.82) is 0 Å². The molecule has 0 saturated carbocycles. The highest BCUT2D eigenvalue weighted by atomic mass is 16.5. The first kappa shape index (κ1) is 17.4. The lowest BCUT2D eigenvalue weighted by atomic mass is 10.2. The normalized spacial score (nSPS) is 10.2. The number of ether oxygens (including phenoxy) is 2. The Hall–Kier alpha value is -2.96. The minimum absolute atomic E-state index is 0.0535. The Morgan fingerprint density at radius 1 is 1.17 bits per heavy atom. The van der Waals surface area contributed by atoms with E-state index in [2.05, 4.69) is 5.32 Å². The predicted molar refractivity (Wildman–Crippen MR) is 85.6 cm³/mol. The Bertz CT molecular complexity index is 722. The third kappa shape index (κ3) is 4.28. The van der Waals surface area contributed by atoms with Crippen molar-refractivity contribution in [2.75, 3.05) is 13.7 Å². The lowest BCUT2D eigenvalue weighted by molar-refractivity contribution is 0.0659. The van der Waals surface area contributed by atoms with Crippen LogP contribution in [0.2, 0.25) is 0 Å². The molecule has 0 saturated heterocycles. The second kappa shape index (κ2) is 8.05. The second-order valence-electron chi connectivity index (χ2n) is 4.99. The van der Waals surface area contributed by atoms with Gasteiger partial charge in [0.25, 0.3) is 5.91 Å². The number of carboxylic acid groups (broad SMARTS) is 1. The first-order valence-corrected chi connectivity index (χ1v) is 7.46. The number of methoxy groups -OCH3 is 1. The van der Waals surface area contributed by atoms with Gasteiger partial charge in [-0.1, -0.05) is 13.0 Å². The molecule has 0 aliphatic rings. The molecule has 0 bridgehead atoms. The van der Waals surface area contributed by atoms with E-state index in [1.807, 2.05) is 13.0 Å². The predicted octanol–water partition coefficient (Wildman–Crippen LogP) is 2.71. The van der Waals surface area contributed by atoms with Crippen LogP contribution in [0, 0.1) is 0 Å². The van der Waals surface area contributed by atoms with Gasteiger partial charge in [0.1, 0.15) is 0 Å². The highest BCUT2D eigenvalue weighted by Gasteiger charge is 2.15. The summed E-state index contributed by atoms with van der Waals surface area (Å²) < 4.78 is 15.8. The summed E-state index contributed by atoms with van der Waals surface area (Å²) in [6.45, 7) is 2.85. The Labute approximate surface area is 139 Å². The molecule has 24 heavy (non-hydrogen) atoms. The van der Waals surface area contributed by atoms with E-state index in [4.69, 9.17) is 19.0 Å². The largest absolute Gasteiger partial charge is 0.493 e. The maximum absolute atomic E-state index is 12.0. The average Bonchev–Trinajstić information content (AvgIpc) is 3.08. The van der Waals surface area contributed by atoms with Crippen molar-refractivity contribution in [1.82, 2.24) is 5.32 Å². The molecule has 0 aliphatic carbocycles. The number of amides is 1. The van der Waals surface area contributed by atoms with Crippen molar-refractivity contribution in [3.05, 3.63) is 47.4 Å². The van der Waals surface area contributed by atoms with Gasteiger partial charge in [0.15, 0.2) is 17.3 Å². The van der Waals surface area contributed by atoms with Crippen LogP contribution in [0.4, 0.5) is 0 Å². The molecule has 0 aliphatic heterocycles. The number of nitrogens with one attached hydrogen (secondary N) is 1. The summed E-state index contributed by atoms with van der Waals surface area (Å²) in [6.07, 6.45) is 0.891. The SMILES string of the molecule is CCCOc1ccc(CNC(=O)c2ccc(C(=O)O)o2)cc1OC. The number of carbonyl (C=O) groups is 2. The number of benzene rings is 1. The van der Waals surface area contributed by atoms with Gasteiger partial charge in [0.05, 0.1) is 13.7 Å². The summed E-state index contributed by atoms with van der Waals surface area (Å²) >= 11 is 0. The summed E-state index contributed by atoms with van der Waals surface area (Å²) in [5.41, 5.74) is 0.814. The zero-order chi connectivity index (χ0) is 17.5. The third-order valence-electron chi connectivity index (χ3n) is 3.18. The summed E-state index contributed by atoms with van der Waals surface area (Å²) in [4.78, 5) is 22.7. The molecule has 0 spiro atoms. The van der Waals surface area contributed by atoms with Gasteiger partial charge in [-0.25, -0.2) is 4.79 Å². The van der Waals surface area contributed by atoms with Crippen molar-refractivity contribution in [3.63, 3.8) is 0 Å². The lowest BCUT2D eigenvalue weighted by Gasteiger charge is -2.12. The monoisotopic (exact) mass is 333 g/mol. The third-order valence-corrected chi connectivity index (χ3v) is 3.18. The van der Waals surface area contributed by atoms with Crippen molar-refractivity contribution < 1.29 is 28.6 Å². The van der Waals surface area contributed by atoms with Crippen LogP contribution in [0.25, 0.3) is 0 Å². The van der Waals surface area contributed by atoms with Crippen LogP contribution in [0.3, 0.4) is 0 Å². The number of furan rings is 1. The molecular formula is C17H19NO6. The Morgan fingerprint density at radius 3 is 2.54 bits per heavy atom. The quantitative estimate of drug-likeness (QED) is 0.771. The van der Waals surface area contributed by atoms with E-state index < -0.39 is 11.9 Å². The molecule has 128 valence electrons. The smallest absolute Gasteiger partial charge is 0.371 e. The minimum Gasteiger partial charge on any atom is -0.493 e. The molecule has 2 N–H and O–H groups in total. The molecule has 7 heteroatoms. The van der Waals surface area contributed by atoms with Crippen LogP contribution in [0.1, 0.15) is 40.0 Å². The number of aromatic carboxylic acids is 1. The van der Waals surface area contributed by atoms with Gasteiger partial charge in [-0.3, -0.25) is 4.79 Å². The van der Waals surface area contributed by atoms with Crippen LogP contribution < -0.4 is 14.8 Å². The molecule has 1 aromatic heterocycles. The zero-order valence-electron chi connectivity index (χ0n) is 13.5. The maximum Gasteiger partial charge on any atom is 0.371 e. The van der Waals surface area contributed by atoms with Gasteiger partial charge in [0, 0.05) is 6.54 Å². The summed E-state index contributed by atoms with van der Waals surface area (Å²) in [5, 5.41) is 11.4. The first-order valence-electron chi connectivity index (χ1n) is 7.46. The molecule has 0 radical (unpaired) electrons. The highest BCUT2D eigenvalue weighted by Crippen LogP contribution is 2.28. The van der Waals surface area contributed by atoms with Crippen LogP contribution in [0.5, 0.6) is 11.5 Å². The number of rotatable bonds is 8. The average molecular weight is 333 g/mol. The number of hydrogen-bond donors (Lipinski definition) is 2. The minimum atomic E-state index is -1.22. The number of carbonyl (C=O) groups excluding carboxylic acids is 1. The Kier molecular flexibility index (Phi) is 5.83. The molecule has 0 atom stereocenters. The molecule has 1 amide bonds. The van der Waals surface area contributed by atoms with Crippen molar-refractivity contribution >= 4 is 11.9 Å². The van der Waals surface area contributed by atoms with Gasteiger partial charge in [-0.05, 0) is 36.2 Å². The zero-order valence-corrected chi connectivity index (χ0v) is 13.5. The molecule has 1 aromatic carbocycles. The van der Waals surface area contributed by atoms with Crippen molar-refractivity contribution in [2.45, 2.75) is 19.9 Å². The molecule has 0 fully saturated rings. The molecule has 0 unspecified atom stereocenters. The highest BCUT2D eigenvalue weighted by molar-refractivity contribution is 5.93. The second-order valence-corrected chi connectivity index (χ2v) is 4.99. The van der Waals surface area contributed by atoms with E-state index in [0.717, 1.165) is 12.0 Å². The lowest BCUT2D eigenvalue weighted by Crippen LogP contribution is -2.22. The summed E-state index contributed by atoms with van der Waals surface area (Å²) in [7, 11) is 1.55. The molecule has 2 aromatic rings. The first-order chi connectivity index (χ1) is 11.5. The van der Waals surface area contributed by atoms with E-state index in [9.17, 15) is 9.59 Å². The summed E-state index contributed by atoms with van der Waals surface area (Å²) in [6, 6.07) is 7.93. The van der Waals surface area contributed by atoms with Crippen LogP contribution in [-0.4, -0.2) is 30.7 Å². The van der Waals surface area contributed by atoms with Crippen molar-refractivity contribution in [3.8, 4) is 11.5 Å². The van der Waals surface area contributed by atoms with E-state index in [1.165, 1.54) is 12.1 Å². The van der Waals surface area contributed by atoms with Crippen LogP contribution in [0.15, 0.2) is 34.7 Å². The van der Waals surface area contributed by atoms with E-state index >= 15 is 0 Å². The number of hydrogen-bond acceptors (Lipinski definition) is 5. The standard InChI is InChI=1S/C17H19NO6/c1-3-8-23-12-5-4-11(9-15(12)22-2)10-18-16(19)13-6-7-14(24-13)17(20)21/h4-7,9H,3,8,10H2,1-2H3,(H,18,19)(H,20,21). The molecular weight excluding hydrogens is 314 g/mol. The number of carboxylic acids is 1. The van der Waals surface area contributed by atoms with Crippen LogP contribution in [-0.2, 0) is 6.54 Å². The van der Waals surface area contributed by atoms with E-state index in [1.54, 1.807) is 19.2 Å². The van der Waals surface area contributed by atoms with Gasteiger partial charge in [0.2, 0.25) is 5.76 Å². The van der Waals surface area contributed by atoms with Gasteiger partial charge in [-0.15, -0.1) is 0 Å². The fourth-order valence-corrected chi connectivity index (χ4v) is 2.00. The fourth-order valence-electron chi connectivity index (χ4n) is 2.00. The fraction of sp³-hybridized carbons (Fsp3) is 0.294. The summed E-state index contributed by atoms with van der Waals surface area (Å²) in [5.74, 6) is -0.816. The molecule has 2 rings (SSSR count). The van der Waals surface area contributed by atoms with Crippen LogP contribution >= 0.6 is 0 Å². The van der Waals surface area contributed by atoms with E-state index in [0.29, 0.717) is 18.1 Å². The Balaban J connectivity index is 2.00. The van der Waals surface area contributed by atoms with E-state index in [-0.39, 0.29) is 18.1 Å². The van der Waals surface area contributed by atoms with Crippen molar-refractivity contribution in [2.24, 2.45) is 0 Å². The van der Waals surface area contributed by atoms with Gasteiger partial charge < -0.3 is 24.3 Å². The topological polar surface area (TPSA) is 98.0 Å². The maximum atomic E-state index is 12.0. The molecule has 1 heterocycles. The van der Waals surface area contributed by atoms with Gasteiger partial charge >= 0.3 is 5.97 Å². The van der Waals surface area contributed by atoms with Gasteiger partial charge in [-0.2, -0.15) is 0 Å². The Morgan fingerprint density at radius 2 is 1.92 bits per heavy atom.